The molecule has 72 valence electrons. The number of hydrogen-bond donors (Lipinski definition) is 2. The van der Waals surface area contributed by atoms with Gasteiger partial charge in [-0.2, -0.15) is 5.10 Å². The number of hydrazone groups is 1. The summed E-state index contributed by atoms with van der Waals surface area (Å²) in [5, 5.41) is 3.88. The van der Waals surface area contributed by atoms with Crippen LogP contribution in [0.25, 0.3) is 6.08 Å². The van der Waals surface area contributed by atoms with E-state index in [9.17, 15) is 0 Å². The molecular formula is C9H10N4S. The molecule has 1 rings (SSSR count). The number of nitrogens with two attached hydrogens (primary N) is 1. The molecule has 0 aromatic carbocycles. The fourth-order valence-electron chi connectivity index (χ4n) is 0.760. The molecule has 0 bridgehead atoms. The van der Waals surface area contributed by atoms with Crippen LogP contribution in [0.5, 0.6) is 0 Å². The quantitative estimate of drug-likeness (QED) is 0.438. The highest BCUT2D eigenvalue weighted by Gasteiger charge is 1.81. The lowest BCUT2D eigenvalue weighted by Gasteiger charge is -1.90. The van der Waals surface area contributed by atoms with Crippen LogP contribution in [-0.2, 0) is 0 Å². The van der Waals surface area contributed by atoms with Crippen molar-refractivity contribution in [2.45, 2.75) is 0 Å². The highest BCUT2D eigenvalue weighted by atomic mass is 32.1. The summed E-state index contributed by atoms with van der Waals surface area (Å²) in [6, 6.07) is 5.67. The van der Waals surface area contributed by atoms with E-state index in [0.717, 1.165) is 5.69 Å². The van der Waals surface area contributed by atoms with E-state index in [1.807, 2.05) is 24.3 Å². The van der Waals surface area contributed by atoms with Gasteiger partial charge in [0.25, 0.3) is 0 Å². The summed E-state index contributed by atoms with van der Waals surface area (Å²) in [4.78, 5) is 4.09. The molecule has 0 aliphatic rings. The molecule has 1 aromatic heterocycles. The minimum absolute atomic E-state index is 0.146. The van der Waals surface area contributed by atoms with Crippen molar-refractivity contribution in [1.29, 1.82) is 0 Å². The van der Waals surface area contributed by atoms with Crippen LogP contribution in [0.3, 0.4) is 0 Å². The highest BCUT2D eigenvalue weighted by molar-refractivity contribution is 7.80. The summed E-state index contributed by atoms with van der Waals surface area (Å²) in [6.45, 7) is 0. The second-order valence-electron chi connectivity index (χ2n) is 2.37. The third-order valence-corrected chi connectivity index (χ3v) is 1.38. The van der Waals surface area contributed by atoms with Crippen LogP contribution in [0.1, 0.15) is 5.69 Å². The molecule has 0 fully saturated rings. The second-order valence-corrected chi connectivity index (χ2v) is 2.81. The van der Waals surface area contributed by atoms with E-state index >= 15 is 0 Å². The van der Waals surface area contributed by atoms with Gasteiger partial charge in [0.15, 0.2) is 5.11 Å². The van der Waals surface area contributed by atoms with Gasteiger partial charge in [-0.25, -0.2) is 0 Å². The average Bonchev–Trinajstić information content (AvgIpc) is 2.18. The van der Waals surface area contributed by atoms with Gasteiger partial charge < -0.3 is 5.73 Å². The summed E-state index contributed by atoms with van der Waals surface area (Å²) in [5.74, 6) is 0. The van der Waals surface area contributed by atoms with E-state index in [4.69, 9.17) is 5.73 Å². The minimum Gasteiger partial charge on any atom is -0.375 e. The first-order valence-electron chi connectivity index (χ1n) is 3.95. The van der Waals surface area contributed by atoms with Crippen molar-refractivity contribution in [2.75, 3.05) is 0 Å². The molecule has 5 heteroatoms. The van der Waals surface area contributed by atoms with E-state index < -0.39 is 0 Å². The Morgan fingerprint density at radius 1 is 1.57 bits per heavy atom. The molecule has 1 heterocycles. The summed E-state index contributed by atoms with van der Waals surface area (Å²) in [6.07, 6.45) is 6.84. The number of pyridine rings is 1. The monoisotopic (exact) mass is 206 g/mol. The Bertz CT molecular complexity index is 345. The van der Waals surface area contributed by atoms with Gasteiger partial charge >= 0.3 is 0 Å². The fourth-order valence-corrected chi connectivity index (χ4v) is 0.813. The number of thiocarbonyl (C=S) groups is 1. The topological polar surface area (TPSA) is 63.3 Å². The van der Waals surface area contributed by atoms with Gasteiger partial charge in [-0.3, -0.25) is 10.4 Å². The Morgan fingerprint density at radius 2 is 2.43 bits per heavy atom. The van der Waals surface area contributed by atoms with E-state index in [1.165, 1.54) is 0 Å². The lowest BCUT2D eigenvalue weighted by atomic mass is 10.3. The Kier molecular flexibility index (Phi) is 4.30. The number of hydrogen-bond acceptors (Lipinski definition) is 3. The molecule has 0 unspecified atom stereocenters. The number of aromatic nitrogens is 1. The summed E-state index contributed by atoms with van der Waals surface area (Å²) in [7, 11) is 0. The zero-order chi connectivity index (χ0) is 10.2. The smallest absolute Gasteiger partial charge is 0.184 e. The molecule has 0 aliphatic heterocycles. The van der Waals surface area contributed by atoms with Gasteiger partial charge in [0, 0.05) is 12.4 Å². The van der Waals surface area contributed by atoms with Crippen molar-refractivity contribution >= 4 is 29.6 Å². The number of nitrogens with zero attached hydrogens (tertiary/aromatic N) is 2. The Labute approximate surface area is 87.5 Å². The van der Waals surface area contributed by atoms with Crippen molar-refractivity contribution in [1.82, 2.24) is 10.4 Å². The molecule has 1 aromatic rings. The highest BCUT2D eigenvalue weighted by Crippen LogP contribution is 1.94. The summed E-state index contributed by atoms with van der Waals surface area (Å²) >= 11 is 4.56. The van der Waals surface area contributed by atoms with Gasteiger partial charge in [0.05, 0.1) is 5.69 Å². The van der Waals surface area contributed by atoms with Gasteiger partial charge in [0.1, 0.15) is 0 Å². The largest absolute Gasteiger partial charge is 0.375 e. The van der Waals surface area contributed by atoms with E-state index in [1.54, 1.807) is 18.5 Å². The Hall–Kier alpha value is -1.75. The third-order valence-electron chi connectivity index (χ3n) is 1.29. The van der Waals surface area contributed by atoms with E-state index in [-0.39, 0.29) is 5.11 Å². The Balaban J connectivity index is 2.42. The zero-order valence-electron chi connectivity index (χ0n) is 7.42. The van der Waals surface area contributed by atoms with Crippen LogP contribution < -0.4 is 11.2 Å². The molecule has 14 heavy (non-hydrogen) atoms. The molecule has 0 radical (unpaired) electrons. The van der Waals surface area contributed by atoms with Crippen molar-refractivity contribution < 1.29 is 0 Å². The van der Waals surface area contributed by atoms with Crippen LogP contribution in [0, 0.1) is 0 Å². The maximum absolute atomic E-state index is 5.16. The summed E-state index contributed by atoms with van der Waals surface area (Å²) < 4.78 is 0. The molecular weight excluding hydrogens is 196 g/mol. The van der Waals surface area contributed by atoms with Crippen LogP contribution >= 0.6 is 12.2 Å². The average molecular weight is 206 g/mol. The van der Waals surface area contributed by atoms with Gasteiger partial charge in [-0.1, -0.05) is 6.07 Å². The first-order valence-corrected chi connectivity index (χ1v) is 4.36. The molecule has 0 spiro atoms. The van der Waals surface area contributed by atoms with Crippen molar-refractivity contribution in [3.63, 3.8) is 0 Å². The lowest BCUT2D eigenvalue weighted by Crippen LogP contribution is -2.23. The second kappa shape index (κ2) is 5.82. The number of allylic oxidation sites excluding steroid dienone is 1. The third kappa shape index (κ3) is 4.32. The maximum Gasteiger partial charge on any atom is 0.184 e. The van der Waals surface area contributed by atoms with Gasteiger partial charge in [0.2, 0.25) is 0 Å². The lowest BCUT2D eigenvalue weighted by molar-refractivity contribution is 1.04. The molecule has 4 nitrogen and oxygen atoms in total. The normalized spacial score (nSPS) is 10.9. The molecule has 0 aliphatic carbocycles. The molecule has 0 saturated carbocycles. The van der Waals surface area contributed by atoms with Crippen LogP contribution in [0.4, 0.5) is 0 Å². The van der Waals surface area contributed by atoms with E-state index in [2.05, 4.69) is 27.7 Å². The van der Waals surface area contributed by atoms with Crippen molar-refractivity contribution in [3.05, 3.63) is 36.2 Å². The van der Waals surface area contributed by atoms with Crippen LogP contribution in [-0.4, -0.2) is 16.3 Å². The fraction of sp³-hybridized carbons (Fsp3) is 0. The number of nitrogens with one attached hydrogen (secondary N) is 1. The first kappa shape index (κ1) is 10.3. The van der Waals surface area contributed by atoms with Gasteiger partial charge in [-0.15, -0.1) is 0 Å². The zero-order valence-corrected chi connectivity index (χ0v) is 8.24. The van der Waals surface area contributed by atoms with Crippen molar-refractivity contribution in [3.8, 4) is 0 Å². The molecule has 3 N–H and O–H groups in total. The van der Waals surface area contributed by atoms with Crippen molar-refractivity contribution in [2.24, 2.45) is 10.8 Å². The first-order chi connectivity index (χ1) is 6.79. The molecule has 0 atom stereocenters. The molecule has 0 amide bonds. The predicted octanol–water partition coefficient (Wildman–Crippen LogP) is 0.914. The number of rotatable bonds is 3. The SMILES string of the molecule is NC(=S)NN=CC=Cc1ccccn1. The van der Waals surface area contributed by atoms with Gasteiger partial charge in [-0.05, 0) is 36.5 Å². The predicted molar refractivity (Wildman–Crippen MR) is 61.7 cm³/mol. The minimum atomic E-state index is 0.146. The standard InChI is InChI=1S/C9H10N4S/c10-9(14)13-12-7-3-5-8-4-1-2-6-11-8/h1-7H,(H3,10,13,14). The van der Waals surface area contributed by atoms with Crippen LogP contribution in [0.2, 0.25) is 0 Å². The summed E-state index contributed by atoms with van der Waals surface area (Å²) in [5.41, 5.74) is 8.46. The Morgan fingerprint density at radius 3 is 3.07 bits per heavy atom. The maximum atomic E-state index is 5.16. The van der Waals surface area contributed by atoms with Crippen LogP contribution in [0.15, 0.2) is 35.6 Å². The van der Waals surface area contributed by atoms with E-state index in [0.29, 0.717) is 0 Å². The molecule has 0 saturated heterocycles.